The number of nitriles is 1. The minimum absolute atomic E-state index is 0.181. The van der Waals surface area contributed by atoms with Gasteiger partial charge in [-0.1, -0.05) is 0 Å². The molecular weight excluding hydrogens is 364 g/mol. The minimum atomic E-state index is 0.181. The number of rotatable bonds is 5. The van der Waals surface area contributed by atoms with Crippen molar-refractivity contribution in [2.75, 3.05) is 11.4 Å². The lowest BCUT2D eigenvalue weighted by atomic mass is 10.2. The Kier molecular flexibility index (Phi) is 5.05. The Morgan fingerprint density at radius 1 is 1.07 bits per heavy atom. The maximum absolute atomic E-state index is 11.9. The molecule has 2 heterocycles. The summed E-state index contributed by atoms with van der Waals surface area (Å²) in [6.45, 7) is 5.18. The fourth-order valence-corrected chi connectivity index (χ4v) is 3.61. The van der Waals surface area contributed by atoms with Gasteiger partial charge in [-0.05, 0) is 68.8 Å². The van der Waals surface area contributed by atoms with Crippen LogP contribution < -0.4 is 9.64 Å². The molecule has 1 amide bonds. The molecule has 2 aromatic carbocycles. The van der Waals surface area contributed by atoms with Gasteiger partial charge in [-0.25, -0.2) is 4.68 Å². The summed E-state index contributed by atoms with van der Waals surface area (Å²) in [7, 11) is 0. The highest BCUT2D eigenvalue weighted by Gasteiger charge is 2.21. The first kappa shape index (κ1) is 18.8. The van der Waals surface area contributed by atoms with Crippen molar-refractivity contribution in [1.29, 1.82) is 5.26 Å². The number of hydrogen-bond donors (Lipinski definition) is 0. The molecule has 0 unspecified atom stereocenters. The summed E-state index contributed by atoms with van der Waals surface area (Å²) in [5, 5.41) is 13.6. The van der Waals surface area contributed by atoms with Crippen molar-refractivity contribution in [2.45, 2.75) is 33.3 Å². The molecule has 1 aromatic heterocycles. The Balaban J connectivity index is 1.48. The van der Waals surface area contributed by atoms with E-state index in [2.05, 4.69) is 11.2 Å². The maximum Gasteiger partial charge on any atom is 0.227 e. The van der Waals surface area contributed by atoms with Crippen LogP contribution in [0.25, 0.3) is 5.69 Å². The van der Waals surface area contributed by atoms with Crippen LogP contribution in [0.4, 0.5) is 5.69 Å². The van der Waals surface area contributed by atoms with Crippen molar-refractivity contribution in [1.82, 2.24) is 9.78 Å². The van der Waals surface area contributed by atoms with E-state index in [1.165, 1.54) is 0 Å². The van der Waals surface area contributed by atoms with Crippen LogP contribution in [0.3, 0.4) is 0 Å². The standard InChI is InChI=1S/C23H22N4O2/c1-16-22(17(2)27(25-16)20-7-5-18(14-24)6-8-20)15-29-21-11-9-19(10-12-21)26-13-3-4-23(26)28/h5-12H,3-4,13,15H2,1-2H3. The number of aromatic nitrogens is 2. The summed E-state index contributed by atoms with van der Waals surface area (Å²) >= 11 is 0. The molecule has 1 saturated heterocycles. The third-order valence-corrected chi connectivity index (χ3v) is 5.29. The number of ether oxygens (including phenoxy) is 1. The molecular formula is C23H22N4O2. The number of aryl methyl sites for hydroxylation is 1. The van der Waals surface area contributed by atoms with Gasteiger partial charge < -0.3 is 9.64 Å². The highest BCUT2D eigenvalue weighted by atomic mass is 16.5. The minimum Gasteiger partial charge on any atom is -0.489 e. The molecule has 0 atom stereocenters. The summed E-state index contributed by atoms with van der Waals surface area (Å²) in [5.41, 5.74) is 5.40. The molecule has 0 N–H and O–H groups in total. The molecule has 0 radical (unpaired) electrons. The van der Waals surface area contributed by atoms with Crippen molar-refractivity contribution < 1.29 is 9.53 Å². The lowest BCUT2D eigenvalue weighted by molar-refractivity contribution is -0.117. The molecule has 6 nitrogen and oxygen atoms in total. The summed E-state index contributed by atoms with van der Waals surface area (Å²) in [6, 6.07) is 17.1. The molecule has 1 fully saturated rings. The zero-order valence-electron chi connectivity index (χ0n) is 16.6. The molecule has 0 bridgehead atoms. The van der Waals surface area contributed by atoms with Gasteiger partial charge in [-0.15, -0.1) is 0 Å². The fourth-order valence-electron chi connectivity index (χ4n) is 3.61. The van der Waals surface area contributed by atoms with Crippen molar-refractivity contribution in [3.63, 3.8) is 0 Å². The molecule has 1 aliphatic rings. The van der Waals surface area contributed by atoms with Gasteiger partial charge in [-0.3, -0.25) is 4.79 Å². The Hall–Kier alpha value is -3.59. The number of nitrogens with zero attached hydrogens (tertiary/aromatic N) is 4. The molecule has 146 valence electrons. The number of benzene rings is 2. The summed E-state index contributed by atoms with van der Waals surface area (Å²) < 4.78 is 7.86. The molecule has 6 heteroatoms. The van der Waals surface area contributed by atoms with E-state index in [-0.39, 0.29) is 5.91 Å². The quantitative estimate of drug-likeness (QED) is 0.663. The zero-order chi connectivity index (χ0) is 20.4. The highest BCUT2D eigenvalue weighted by Crippen LogP contribution is 2.25. The largest absolute Gasteiger partial charge is 0.489 e. The second-order valence-corrected chi connectivity index (χ2v) is 7.15. The summed E-state index contributed by atoms with van der Waals surface area (Å²) in [4.78, 5) is 13.7. The van der Waals surface area contributed by atoms with E-state index in [9.17, 15) is 4.79 Å². The summed E-state index contributed by atoms with van der Waals surface area (Å²) in [5.74, 6) is 0.936. The van der Waals surface area contributed by atoms with E-state index in [0.717, 1.165) is 47.0 Å². The smallest absolute Gasteiger partial charge is 0.227 e. The van der Waals surface area contributed by atoms with Crippen molar-refractivity contribution in [2.24, 2.45) is 0 Å². The number of carbonyl (C=O) groups excluding carboxylic acids is 1. The van der Waals surface area contributed by atoms with Crippen molar-refractivity contribution in [3.05, 3.63) is 71.0 Å². The van der Waals surface area contributed by atoms with E-state index >= 15 is 0 Å². The number of carbonyl (C=O) groups is 1. The lowest BCUT2D eigenvalue weighted by Crippen LogP contribution is -2.23. The Bertz CT molecular complexity index is 1080. The SMILES string of the molecule is Cc1nn(-c2ccc(C#N)cc2)c(C)c1COc1ccc(N2CCCC2=O)cc1. The molecule has 0 aliphatic carbocycles. The first-order valence-electron chi connectivity index (χ1n) is 9.65. The predicted octanol–water partition coefficient (Wildman–Crippen LogP) is 4.07. The van der Waals surface area contributed by atoms with Crippen LogP contribution >= 0.6 is 0 Å². The normalized spacial score (nSPS) is 13.6. The first-order chi connectivity index (χ1) is 14.1. The van der Waals surface area contributed by atoms with Gasteiger partial charge in [0.2, 0.25) is 5.91 Å². The topological polar surface area (TPSA) is 71.2 Å². The first-order valence-corrected chi connectivity index (χ1v) is 9.65. The van der Waals surface area contributed by atoms with E-state index in [1.54, 1.807) is 12.1 Å². The van der Waals surface area contributed by atoms with Gasteiger partial charge in [0.1, 0.15) is 12.4 Å². The second-order valence-electron chi connectivity index (χ2n) is 7.15. The van der Waals surface area contributed by atoms with E-state index < -0.39 is 0 Å². The average Bonchev–Trinajstić information content (AvgIpc) is 3.30. The van der Waals surface area contributed by atoms with E-state index in [0.29, 0.717) is 18.6 Å². The van der Waals surface area contributed by atoms with Crippen LogP contribution in [0.2, 0.25) is 0 Å². The maximum atomic E-state index is 11.9. The van der Waals surface area contributed by atoms with Gasteiger partial charge in [0.05, 0.1) is 23.0 Å². The van der Waals surface area contributed by atoms with Crippen molar-refractivity contribution >= 4 is 11.6 Å². The monoisotopic (exact) mass is 386 g/mol. The van der Waals surface area contributed by atoms with Crippen LogP contribution in [0, 0.1) is 25.2 Å². The Labute approximate surface area is 169 Å². The number of anilines is 1. The van der Waals surface area contributed by atoms with Crippen LogP contribution in [-0.4, -0.2) is 22.2 Å². The van der Waals surface area contributed by atoms with Gasteiger partial charge in [0, 0.05) is 29.9 Å². The summed E-state index contributed by atoms with van der Waals surface area (Å²) in [6.07, 6.45) is 1.54. The van der Waals surface area contributed by atoms with E-state index in [4.69, 9.17) is 10.00 Å². The van der Waals surface area contributed by atoms with Crippen LogP contribution in [0.15, 0.2) is 48.5 Å². The van der Waals surface area contributed by atoms with Crippen LogP contribution in [0.1, 0.15) is 35.4 Å². The van der Waals surface area contributed by atoms with Crippen LogP contribution in [0.5, 0.6) is 5.75 Å². The lowest BCUT2D eigenvalue weighted by Gasteiger charge is -2.16. The van der Waals surface area contributed by atoms with Gasteiger partial charge in [-0.2, -0.15) is 10.4 Å². The van der Waals surface area contributed by atoms with Gasteiger partial charge >= 0.3 is 0 Å². The van der Waals surface area contributed by atoms with Crippen molar-refractivity contribution in [3.8, 4) is 17.5 Å². The predicted molar refractivity (Wildman–Crippen MR) is 110 cm³/mol. The van der Waals surface area contributed by atoms with Gasteiger partial charge in [0.25, 0.3) is 0 Å². The average molecular weight is 386 g/mol. The Morgan fingerprint density at radius 2 is 1.76 bits per heavy atom. The molecule has 0 spiro atoms. The molecule has 29 heavy (non-hydrogen) atoms. The molecule has 3 aromatic rings. The molecule has 0 saturated carbocycles. The molecule has 4 rings (SSSR count). The third kappa shape index (κ3) is 3.72. The number of hydrogen-bond acceptors (Lipinski definition) is 4. The zero-order valence-corrected chi connectivity index (χ0v) is 16.6. The third-order valence-electron chi connectivity index (χ3n) is 5.29. The second kappa shape index (κ2) is 7.80. The van der Waals surface area contributed by atoms with Crippen LogP contribution in [-0.2, 0) is 11.4 Å². The number of amides is 1. The van der Waals surface area contributed by atoms with E-state index in [1.807, 2.05) is 59.8 Å². The molecule has 1 aliphatic heterocycles. The highest BCUT2D eigenvalue weighted by molar-refractivity contribution is 5.95. The van der Waals surface area contributed by atoms with Gasteiger partial charge in [0.15, 0.2) is 0 Å². The fraction of sp³-hybridized carbons (Fsp3) is 0.261. The Morgan fingerprint density at radius 3 is 2.38 bits per heavy atom.